The number of rotatable bonds is 0. The second-order valence-corrected chi connectivity index (χ2v) is 4.98. The van der Waals surface area contributed by atoms with Gasteiger partial charge in [-0.2, -0.15) is 13.2 Å². The van der Waals surface area contributed by atoms with Gasteiger partial charge >= 0.3 is 6.18 Å². The molecule has 1 aliphatic heterocycles. The van der Waals surface area contributed by atoms with E-state index in [2.05, 4.69) is 10.3 Å². The smallest absolute Gasteiger partial charge is 0.385 e. The summed E-state index contributed by atoms with van der Waals surface area (Å²) in [6.45, 7) is 0.793. The fraction of sp³-hybridized carbons (Fsp3) is 0.357. The third kappa shape index (κ3) is 2.26. The molecule has 20 heavy (non-hydrogen) atoms. The van der Waals surface area contributed by atoms with Crippen LogP contribution < -0.4 is 10.9 Å². The minimum Gasteiger partial charge on any atom is -0.385 e. The Kier molecular flexibility index (Phi) is 2.96. The van der Waals surface area contributed by atoms with Gasteiger partial charge in [-0.25, -0.2) is 0 Å². The molecule has 0 spiro atoms. The van der Waals surface area contributed by atoms with E-state index in [1.807, 2.05) is 0 Å². The second kappa shape index (κ2) is 4.54. The molecule has 2 aromatic rings. The Morgan fingerprint density at radius 2 is 1.90 bits per heavy atom. The molecule has 2 N–H and O–H groups in total. The molecule has 3 rings (SSSR count). The molecule has 0 radical (unpaired) electrons. The van der Waals surface area contributed by atoms with E-state index in [1.165, 1.54) is 0 Å². The van der Waals surface area contributed by atoms with E-state index in [-0.39, 0.29) is 10.9 Å². The zero-order valence-corrected chi connectivity index (χ0v) is 10.6. The van der Waals surface area contributed by atoms with E-state index in [0.717, 1.165) is 37.1 Å². The molecule has 0 saturated carbocycles. The van der Waals surface area contributed by atoms with Gasteiger partial charge in [-0.3, -0.25) is 4.79 Å². The lowest BCUT2D eigenvalue weighted by atomic mass is 10.0. The molecule has 1 aromatic carbocycles. The predicted octanol–water partition coefficient (Wildman–Crippen LogP) is 3.30. The minimum atomic E-state index is -4.53. The molecule has 0 atom stereocenters. The lowest BCUT2D eigenvalue weighted by molar-refractivity contribution is -0.136. The van der Waals surface area contributed by atoms with Crippen LogP contribution in [-0.2, 0) is 12.6 Å². The van der Waals surface area contributed by atoms with Crippen LogP contribution in [0, 0.1) is 0 Å². The molecule has 106 valence electrons. The maximum absolute atomic E-state index is 13.0. The Bertz CT molecular complexity index is 719. The molecule has 2 heterocycles. The van der Waals surface area contributed by atoms with Crippen molar-refractivity contribution in [3.05, 3.63) is 39.7 Å². The number of anilines is 1. The summed E-state index contributed by atoms with van der Waals surface area (Å²) in [4.78, 5) is 13.9. The number of aromatic nitrogens is 1. The van der Waals surface area contributed by atoms with E-state index in [0.29, 0.717) is 6.07 Å². The molecule has 0 saturated heterocycles. The van der Waals surface area contributed by atoms with E-state index in [1.54, 1.807) is 12.1 Å². The Balaban J connectivity index is 2.31. The van der Waals surface area contributed by atoms with Crippen LogP contribution in [0.3, 0.4) is 0 Å². The molecule has 1 aliphatic rings. The molecule has 0 aliphatic carbocycles. The highest BCUT2D eigenvalue weighted by atomic mass is 19.4. The van der Waals surface area contributed by atoms with Gasteiger partial charge in [0.2, 0.25) is 5.56 Å². The van der Waals surface area contributed by atoms with Crippen molar-refractivity contribution in [1.29, 1.82) is 0 Å². The highest BCUT2D eigenvalue weighted by Gasteiger charge is 2.33. The van der Waals surface area contributed by atoms with Crippen molar-refractivity contribution in [2.45, 2.75) is 25.4 Å². The van der Waals surface area contributed by atoms with Gasteiger partial charge in [0.1, 0.15) is 0 Å². The number of hydrogen-bond acceptors (Lipinski definition) is 2. The molecule has 0 amide bonds. The van der Waals surface area contributed by atoms with Crippen molar-refractivity contribution in [3.8, 4) is 0 Å². The quantitative estimate of drug-likeness (QED) is 0.778. The highest BCUT2D eigenvalue weighted by molar-refractivity contribution is 5.87. The normalized spacial score (nSPS) is 15.6. The Hall–Kier alpha value is -1.98. The third-order valence-electron chi connectivity index (χ3n) is 3.56. The molecular formula is C14H13F3N2O. The van der Waals surface area contributed by atoms with E-state index in [9.17, 15) is 18.0 Å². The molecule has 1 aromatic heterocycles. The Morgan fingerprint density at radius 1 is 1.10 bits per heavy atom. The van der Waals surface area contributed by atoms with Crippen molar-refractivity contribution in [3.63, 3.8) is 0 Å². The van der Waals surface area contributed by atoms with E-state index >= 15 is 0 Å². The Labute approximate surface area is 112 Å². The van der Waals surface area contributed by atoms with Crippen molar-refractivity contribution < 1.29 is 13.2 Å². The zero-order valence-electron chi connectivity index (χ0n) is 10.6. The number of benzene rings is 1. The summed E-state index contributed by atoms with van der Waals surface area (Å²) < 4.78 is 39.1. The number of alkyl halides is 3. The number of hydrogen-bond donors (Lipinski definition) is 2. The largest absolute Gasteiger partial charge is 0.417 e. The molecular weight excluding hydrogens is 269 g/mol. The van der Waals surface area contributed by atoms with Crippen molar-refractivity contribution in [2.75, 3.05) is 11.9 Å². The summed E-state index contributed by atoms with van der Waals surface area (Å²) >= 11 is 0. The summed E-state index contributed by atoms with van der Waals surface area (Å²) in [5.74, 6) is 0. The van der Waals surface area contributed by atoms with Crippen molar-refractivity contribution in [2.24, 2.45) is 0 Å². The SMILES string of the molecule is O=c1cc(C(F)(F)F)c2cc3c(cc2[nH]1)NCCCC3. The number of aryl methyl sites for hydroxylation is 1. The summed E-state index contributed by atoms with van der Waals surface area (Å²) in [5.41, 5.74) is 0.289. The average Bonchev–Trinajstić information content (AvgIpc) is 2.58. The Morgan fingerprint density at radius 3 is 2.65 bits per heavy atom. The fourth-order valence-electron chi connectivity index (χ4n) is 2.62. The van der Waals surface area contributed by atoms with Crippen LogP contribution in [0.1, 0.15) is 24.0 Å². The standard InChI is InChI=1S/C14H13F3N2O/c15-14(16,17)10-6-13(20)19-12-7-11-8(5-9(10)12)3-1-2-4-18-11/h5-7,18H,1-4H2,(H,19,20). The second-order valence-electron chi connectivity index (χ2n) is 4.98. The van der Waals surface area contributed by atoms with Gasteiger partial charge in [0, 0.05) is 23.7 Å². The first kappa shape index (κ1) is 13.0. The van der Waals surface area contributed by atoms with Gasteiger partial charge in [-0.15, -0.1) is 0 Å². The van der Waals surface area contributed by atoms with Gasteiger partial charge < -0.3 is 10.3 Å². The molecule has 0 bridgehead atoms. The number of H-pyrrole nitrogens is 1. The third-order valence-corrected chi connectivity index (χ3v) is 3.56. The van der Waals surface area contributed by atoms with Gasteiger partial charge in [0.05, 0.1) is 11.1 Å². The molecule has 0 fully saturated rings. The number of pyridine rings is 1. The zero-order chi connectivity index (χ0) is 14.3. The van der Waals surface area contributed by atoms with Crippen LogP contribution in [0.5, 0.6) is 0 Å². The van der Waals surface area contributed by atoms with Gasteiger partial charge in [0.25, 0.3) is 0 Å². The predicted molar refractivity (Wildman–Crippen MR) is 71.0 cm³/mol. The van der Waals surface area contributed by atoms with Crippen molar-refractivity contribution in [1.82, 2.24) is 4.98 Å². The summed E-state index contributed by atoms with van der Waals surface area (Å²) in [5, 5.41) is 3.25. The van der Waals surface area contributed by atoms with Crippen LogP contribution in [0.2, 0.25) is 0 Å². The lowest BCUT2D eigenvalue weighted by Gasteiger charge is -2.13. The van der Waals surface area contributed by atoms with E-state index in [4.69, 9.17) is 0 Å². The fourth-order valence-corrected chi connectivity index (χ4v) is 2.62. The monoisotopic (exact) mass is 282 g/mol. The van der Waals surface area contributed by atoms with Gasteiger partial charge in [0.15, 0.2) is 0 Å². The first-order valence-electron chi connectivity index (χ1n) is 6.46. The van der Waals surface area contributed by atoms with Crippen molar-refractivity contribution >= 4 is 16.6 Å². The van der Waals surface area contributed by atoms with Crippen LogP contribution >= 0.6 is 0 Å². The van der Waals surface area contributed by atoms with E-state index < -0.39 is 17.3 Å². The maximum atomic E-state index is 13.0. The average molecular weight is 282 g/mol. The maximum Gasteiger partial charge on any atom is 0.417 e. The molecule has 3 nitrogen and oxygen atoms in total. The van der Waals surface area contributed by atoms with Crippen LogP contribution in [0.15, 0.2) is 23.0 Å². The first-order valence-corrected chi connectivity index (χ1v) is 6.46. The molecule has 6 heteroatoms. The first-order chi connectivity index (χ1) is 9.45. The topological polar surface area (TPSA) is 44.9 Å². The summed E-state index contributed by atoms with van der Waals surface area (Å²) in [6.07, 6.45) is -1.86. The summed E-state index contributed by atoms with van der Waals surface area (Å²) in [7, 11) is 0. The number of halogens is 3. The van der Waals surface area contributed by atoms with Gasteiger partial charge in [-0.1, -0.05) is 0 Å². The van der Waals surface area contributed by atoms with Crippen LogP contribution in [0.4, 0.5) is 18.9 Å². The highest BCUT2D eigenvalue weighted by Crippen LogP contribution is 2.35. The number of fused-ring (bicyclic) bond motifs is 2. The molecule has 0 unspecified atom stereocenters. The summed E-state index contributed by atoms with van der Waals surface area (Å²) in [6, 6.07) is 3.77. The van der Waals surface area contributed by atoms with Crippen LogP contribution in [0.25, 0.3) is 10.9 Å². The number of nitrogens with one attached hydrogen (secondary N) is 2. The number of aromatic amines is 1. The minimum absolute atomic E-state index is 0.0551. The lowest BCUT2D eigenvalue weighted by Crippen LogP contribution is -2.14. The van der Waals surface area contributed by atoms with Gasteiger partial charge in [-0.05, 0) is 37.0 Å². The van der Waals surface area contributed by atoms with Crippen LogP contribution in [-0.4, -0.2) is 11.5 Å².